The Kier molecular flexibility index (Phi) is 17.2. The summed E-state index contributed by atoms with van der Waals surface area (Å²) < 4.78 is 0. The first-order chi connectivity index (χ1) is 6.73. The summed E-state index contributed by atoms with van der Waals surface area (Å²) in [4.78, 5) is 0. The van der Waals surface area contributed by atoms with E-state index in [0.717, 1.165) is 0 Å². The molecule has 0 aromatic carbocycles. The van der Waals surface area contributed by atoms with Crippen LogP contribution in [0, 0.1) is 64.2 Å². The maximum absolute atomic E-state index is 3.56. The summed E-state index contributed by atoms with van der Waals surface area (Å²) in [6.07, 6.45) is 20.0. The van der Waals surface area contributed by atoms with E-state index in [4.69, 9.17) is 0 Å². The summed E-state index contributed by atoms with van der Waals surface area (Å²) >= 11 is 0. The summed E-state index contributed by atoms with van der Waals surface area (Å²) in [6.45, 7) is 7.50. The number of allylic oxidation sites excluding steroid dienone is 1. The first-order valence-corrected chi connectivity index (χ1v) is 4.69. The summed E-state index contributed by atoms with van der Waals surface area (Å²) in [6, 6.07) is 0. The van der Waals surface area contributed by atoms with Gasteiger partial charge in [-0.3, -0.25) is 0 Å². The molecule has 0 aromatic rings. The smallest absolute Gasteiger partial charge is 0 e. The van der Waals surface area contributed by atoms with E-state index in [-0.39, 0.29) is 21.7 Å². The zero-order valence-electron chi connectivity index (χ0n) is 9.48. The van der Waals surface area contributed by atoms with Gasteiger partial charge in [0, 0.05) is 21.7 Å². The fourth-order valence-corrected chi connectivity index (χ4v) is 0.642. The second-order valence-corrected chi connectivity index (χ2v) is 3.13. The van der Waals surface area contributed by atoms with Crippen molar-refractivity contribution in [1.82, 2.24) is 0 Å². The third-order valence-electron chi connectivity index (χ3n) is 1.11. The van der Waals surface area contributed by atoms with E-state index in [1.165, 1.54) is 5.57 Å². The molecule has 0 bridgehead atoms. The molecule has 1 heteroatoms. The fourth-order valence-electron chi connectivity index (χ4n) is 0.642. The van der Waals surface area contributed by atoms with Crippen LogP contribution >= 0.6 is 0 Å². The van der Waals surface area contributed by atoms with E-state index in [2.05, 4.69) is 6.58 Å². The van der Waals surface area contributed by atoms with E-state index in [9.17, 15) is 0 Å². The third kappa shape index (κ3) is 20.5. The molecule has 2 fully saturated rings. The van der Waals surface area contributed by atoms with Gasteiger partial charge in [0.2, 0.25) is 0 Å². The molecule has 78 valence electrons. The average molecular weight is 234 g/mol. The Morgan fingerprint density at radius 2 is 0.667 bits per heavy atom. The van der Waals surface area contributed by atoms with Gasteiger partial charge in [-0.05, 0) is 78.1 Å². The molecule has 0 aromatic heterocycles. The van der Waals surface area contributed by atoms with Gasteiger partial charge < -0.3 is 0 Å². The monoisotopic (exact) mass is 234 g/mol. The van der Waals surface area contributed by atoms with Crippen LogP contribution in [0.4, 0.5) is 0 Å². The molecule has 0 amide bonds. The van der Waals surface area contributed by atoms with Crippen molar-refractivity contribution in [3.63, 3.8) is 0 Å². The van der Waals surface area contributed by atoms with Crippen molar-refractivity contribution >= 4 is 0 Å². The third-order valence-corrected chi connectivity index (χ3v) is 1.11. The van der Waals surface area contributed by atoms with E-state index in [1.54, 1.807) is 0 Å². The van der Waals surface area contributed by atoms with E-state index in [1.807, 2.05) is 78.1 Å². The van der Waals surface area contributed by atoms with Crippen LogP contribution in [0.2, 0.25) is 0 Å². The van der Waals surface area contributed by atoms with Crippen molar-refractivity contribution in [2.45, 2.75) is 13.8 Å². The van der Waals surface area contributed by atoms with Crippen LogP contribution in [0.15, 0.2) is 12.2 Å². The van der Waals surface area contributed by atoms with Crippen molar-refractivity contribution in [2.24, 2.45) is 0 Å². The minimum Gasteiger partial charge on any atom is -0.100 e. The Morgan fingerprint density at radius 3 is 0.733 bits per heavy atom. The van der Waals surface area contributed by atoms with Gasteiger partial charge >= 0.3 is 0 Å². The standard InChI is InChI=1S/2C5H5.C4H8.Ti/c2*1-2-4-5-3-1;1-4(2)3;/h2*1-5H;1H2,2-3H3;. The molecule has 2 aliphatic carbocycles. The first-order valence-electron chi connectivity index (χ1n) is 4.69. The van der Waals surface area contributed by atoms with Crippen LogP contribution in [0.1, 0.15) is 13.8 Å². The molecule has 0 saturated heterocycles. The topological polar surface area (TPSA) is 0 Å². The molecule has 0 aliphatic heterocycles. The summed E-state index contributed by atoms with van der Waals surface area (Å²) in [5, 5.41) is 0. The van der Waals surface area contributed by atoms with Crippen molar-refractivity contribution in [2.75, 3.05) is 0 Å². The van der Waals surface area contributed by atoms with Gasteiger partial charge in [-0.15, -0.1) is 6.58 Å². The van der Waals surface area contributed by atoms with Gasteiger partial charge in [-0.2, -0.15) is 0 Å². The normalized spacial score (nSPS) is 17.7. The van der Waals surface area contributed by atoms with Gasteiger partial charge in [0.25, 0.3) is 0 Å². The molecule has 0 unspecified atom stereocenters. The van der Waals surface area contributed by atoms with E-state index in [0.29, 0.717) is 0 Å². The van der Waals surface area contributed by atoms with E-state index >= 15 is 0 Å². The molecule has 2 aliphatic rings. The average Bonchev–Trinajstić information content (AvgIpc) is 2.83. The molecule has 0 heterocycles. The largest absolute Gasteiger partial charge is 0.100 e. The Hall–Kier alpha value is 0.454. The summed E-state index contributed by atoms with van der Waals surface area (Å²) in [7, 11) is 0. The van der Waals surface area contributed by atoms with Gasteiger partial charge in [0.05, 0.1) is 0 Å². The molecule has 0 atom stereocenters. The molecule has 2 saturated carbocycles. The van der Waals surface area contributed by atoms with Gasteiger partial charge in [0.1, 0.15) is 0 Å². The molecule has 0 nitrogen and oxygen atoms in total. The second kappa shape index (κ2) is 14.5. The van der Waals surface area contributed by atoms with Crippen molar-refractivity contribution in [3.05, 3.63) is 76.4 Å². The molecule has 15 heavy (non-hydrogen) atoms. The SMILES string of the molecule is C=C(C)C.[CH]1[CH][CH][CH][CH]1.[CH]1[CH][CH][CH][CH]1.[Ti]. The Labute approximate surface area is 112 Å². The van der Waals surface area contributed by atoms with Crippen LogP contribution < -0.4 is 0 Å². The fraction of sp³-hybridized carbons (Fsp3) is 0.143. The predicted molar refractivity (Wildman–Crippen MR) is 63.5 cm³/mol. The quantitative estimate of drug-likeness (QED) is 0.443. The Balaban J connectivity index is 0. The number of hydrogen-bond donors (Lipinski definition) is 0. The van der Waals surface area contributed by atoms with Crippen molar-refractivity contribution in [3.8, 4) is 0 Å². The predicted octanol–water partition coefficient (Wildman–Crippen LogP) is 3.62. The molecular weight excluding hydrogens is 216 g/mol. The zero-order chi connectivity index (χ0) is 10.6. The van der Waals surface area contributed by atoms with Crippen LogP contribution in [0.25, 0.3) is 0 Å². The summed E-state index contributed by atoms with van der Waals surface area (Å²) in [5.41, 5.74) is 1.17. The van der Waals surface area contributed by atoms with Crippen LogP contribution in [0.3, 0.4) is 0 Å². The van der Waals surface area contributed by atoms with Crippen LogP contribution in [-0.4, -0.2) is 0 Å². The molecule has 0 spiro atoms. The van der Waals surface area contributed by atoms with Crippen molar-refractivity contribution in [1.29, 1.82) is 0 Å². The minimum absolute atomic E-state index is 0. The maximum Gasteiger partial charge on any atom is 0 e. The number of rotatable bonds is 0. The van der Waals surface area contributed by atoms with Gasteiger partial charge in [-0.25, -0.2) is 0 Å². The Bertz CT molecular complexity index is 92.1. The van der Waals surface area contributed by atoms with Gasteiger partial charge in [-0.1, -0.05) is 5.57 Å². The minimum atomic E-state index is 0. The molecule has 0 N–H and O–H groups in total. The maximum atomic E-state index is 3.56. The second-order valence-electron chi connectivity index (χ2n) is 3.13. The van der Waals surface area contributed by atoms with E-state index < -0.39 is 0 Å². The molecule has 2 rings (SSSR count). The Morgan fingerprint density at radius 1 is 0.600 bits per heavy atom. The first kappa shape index (κ1) is 17.8. The molecular formula is C14H18Ti. The number of hydrogen-bond acceptors (Lipinski definition) is 0. The molecule has 10 radical (unpaired) electrons. The van der Waals surface area contributed by atoms with Crippen LogP contribution in [0.5, 0.6) is 0 Å². The van der Waals surface area contributed by atoms with Crippen molar-refractivity contribution < 1.29 is 21.7 Å². The zero-order valence-corrected chi connectivity index (χ0v) is 11.0. The summed E-state index contributed by atoms with van der Waals surface area (Å²) in [5.74, 6) is 0. The van der Waals surface area contributed by atoms with Crippen LogP contribution in [-0.2, 0) is 21.7 Å². The van der Waals surface area contributed by atoms with Gasteiger partial charge in [0.15, 0.2) is 0 Å².